The molecule has 1 N–H and O–H groups in total. The third-order valence-corrected chi connectivity index (χ3v) is 4.86. The largest absolute Gasteiger partial charge is 0.379 e. The van der Waals surface area contributed by atoms with Crippen molar-refractivity contribution in [1.29, 1.82) is 0 Å². The van der Waals surface area contributed by atoms with Gasteiger partial charge in [0, 0.05) is 40.8 Å². The van der Waals surface area contributed by atoms with Gasteiger partial charge in [0.15, 0.2) is 5.79 Å². The monoisotopic (exact) mass is 380 g/mol. The Kier molecular flexibility index (Phi) is 5.24. The SMILES string of the molecule is CC1(C)OC[C@@H](COCCC(C)(C)c2cc3cc([N+](=O)[O-])c(F)cc3[nH]2)O1. The molecule has 0 amide bonds. The van der Waals surface area contributed by atoms with E-state index in [1.54, 1.807) is 0 Å². The van der Waals surface area contributed by atoms with Gasteiger partial charge in [-0.15, -0.1) is 0 Å². The Morgan fingerprint density at radius 1 is 1.41 bits per heavy atom. The first-order valence-electron chi connectivity index (χ1n) is 8.94. The molecule has 2 aromatic rings. The standard InChI is InChI=1S/C19H25FN2O5/c1-18(2,5-6-25-10-13-11-26-19(3,4)27-13)17-8-12-7-16(22(23)24)14(20)9-15(12)21-17/h7-9,13,21H,5-6,10-11H2,1-4H3/t13-/m1/s1. The van der Waals surface area contributed by atoms with Gasteiger partial charge in [-0.2, -0.15) is 4.39 Å². The van der Waals surface area contributed by atoms with Crippen LogP contribution in [0.5, 0.6) is 0 Å². The Labute approximate surface area is 156 Å². The summed E-state index contributed by atoms with van der Waals surface area (Å²) in [6, 6.07) is 4.26. The Morgan fingerprint density at radius 2 is 2.15 bits per heavy atom. The number of nitro benzene ring substituents is 1. The van der Waals surface area contributed by atoms with Gasteiger partial charge < -0.3 is 19.2 Å². The quantitative estimate of drug-likeness (QED) is 0.445. The number of nitro groups is 1. The molecular formula is C19H25FN2O5. The number of aromatic nitrogens is 1. The molecule has 0 spiro atoms. The fraction of sp³-hybridized carbons (Fsp3) is 0.579. The molecule has 0 aliphatic carbocycles. The Hall–Kier alpha value is -2.03. The zero-order chi connectivity index (χ0) is 19.8. The maximum absolute atomic E-state index is 13.8. The van der Waals surface area contributed by atoms with Crippen molar-refractivity contribution in [2.24, 2.45) is 0 Å². The Morgan fingerprint density at radius 3 is 2.78 bits per heavy atom. The van der Waals surface area contributed by atoms with Crippen LogP contribution in [0.15, 0.2) is 18.2 Å². The number of nitrogens with one attached hydrogen (secondary N) is 1. The number of halogens is 1. The molecule has 0 saturated carbocycles. The molecule has 1 aliphatic heterocycles. The molecule has 1 aromatic heterocycles. The van der Waals surface area contributed by atoms with E-state index >= 15 is 0 Å². The summed E-state index contributed by atoms with van der Waals surface area (Å²) in [5, 5.41) is 11.5. The predicted molar refractivity (Wildman–Crippen MR) is 98.3 cm³/mol. The summed E-state index contributed by atoms with van der Waals surface area (Å²) in [7, 11) is 0. The molecule has 3 rings (SSSR count). The molecule has 2 heterocycles. The molecule has 7 nitrogen and oxygen atoms in total. The van der Waals surface area contributed by atoms with Crippen molar-refractivity contribution in [1.82, 2.24) is 4.98 Å². The molecule has 1 atom stereocenters. The smallest absolute Gasteiger partial charge is 0.305 e. The molecule has 0 radical (unpaired) electrons. The normalized spacial score (nSPS) is 19.7. The lowest BCUT2D eigenvalue weighted by Crippen LogP contribution is -2.25. The number of benzene rings is 1. The predicted octanol–water partition coefficient (Wildman–Crippen LogP) is 4.05. The van der Waals surface area contributed by atoms with E-state index in [0.717, 1.165) is 12.1 Å². The maximum Gasteiger partial charge on any atom is 0.305 e. The highest BCUT2D eigenvalue weighted by Gasteiger charge is 2.33. The average Bonchev–Trinajstić information content (AvgIpc) is 3.13. The molecular weight excluding hydrogens is 355 g/mol. The number of rotatable bonds is 7. The van der Waals surface area contributed by atoms with Crippen molar-refractivity contribution in [2.45, 2.75) is 51.4 Å². The van der Waals surface area contributed by atoms with Gasteiger partial charge in [0.1, 0.15) is 6.10 Å². The molecule has 0 unspecified atom stereocenters. The number of aromatic amines is 1. The van der Waals surface area contributed by atoms with E-state index in [2.05, 4.69) is 4.98 Å². The first-order chi connectivity index (χ1) is 12.6. The molecule has 8 heteroatoms. The van der Waals surface area contributed by atoms with Gasteiger partial charge in [-0.05, 0) is 26.3 Å². The van der Waals surface area contributed by atoms with Gasteiger partial charge in [0.05, 0.1) is 18.1 Å². The lowest BCUT2D eigenvalue weighted by atomic mass is 9.86. The molecule has 0 bridgehead atoms. The summed E-state index contributed by atoms with van der Waals surface area (Å²) < 4.78 is 30.8. The van der Waals surface area contributed by atoms with Crippen molar-refractivity contribution >= 4 is 16.6 Å². The highest BCUT2D eigenvalue weighted by atomic mass is 19.1. The molecule has 1 fully saturated rings. The van der Waals surface area contributed by atoms with Crippen LogP contribution >= 0.6 is 0 Å². The summed E-state index contributed by atoms with van der Waals surface area (Å²) in [6.45, 7) is 9.34. The Balaban J connectivity index is 1.61. The second kappa shape index (κ2) is 7.18. The minimum Gasteiger partial charge on any atom is -0.379 e. The first-order valence-corrected chi connectivity index (χ1v) is 8.94. The second-order valence-corrected chi connectivity index (χ2v) is 7.99. The van der Waals surface area contributed by atoms with Crippen molar-refractivity contribution in [3.05, 3.63) is 39.8 Å². The average molecular weight is 380 g/mol. The number of hydrogen-bond donors (Lipinski definition) is 1. The van der Waals surface area contributed by atoms with Gasteiger partial charge in [0.25, 0.3) is 0 Å². The minimum absolute atomic E-state index is 0.0697. The maximum atomic E-state index is 13.8. The van der Waals surface area contributed by atoms with Crippen LogP contribution in [-0.2, 0) is 19.6 Å². The topological polar surface area (TPSA) is 86.6 Å². The number of nitrogens with zero attached hydrogens (tertiary/aromatic N) is 1. The minimum atomic E-state index is -0.844. The van der Waals surface area contributed by atoms with E-state index in [9.17, 15) is 14.5 Å². The van der Waals surface area contributed by atoms with Gasteiger partial charge >= 0.3 is 5.69 Å². The van der Waals surface area contributed by atoms with Gasteiger partial charge in [-0.3, -0.25) is 10.1 Å². The van der Waals surface area contributed by atoms with E-state index in [1.165, 1.54) is 12.1 Å². The van der Waals surface area contributed by atoms with Gasteiger partial charge in [-0.25, -0.2) is 0 Å². The number of hydrogen-bond acceptors (Lipinski definition) is 5. The zero-order valence-electron chi connectivity index (χ0n) is 16.0. The van der Waals surface area contributed by atoms with Crippen molar-refractivity contribution in [3.63, 3.8) is 0 Å². The van der Waals surface area contributed by atoms with Crippen LogP contribution in [0.3, 0.4) is 0 Å². The fourth-order valence-corrected chi connectivity index (χ4v) is 3.17. The lowest BCUT2D eigenvalue weighted by Gasteiger charge is -2.24. The summed E-state index contributed by atoms with van der Waals surface area (Å²) in [6.07, 6.45) is 0.654. The van der Waals surface area contributed by atoms with Crippen LogP contribution in [-0.4, -0.2) is 41.6 Å². The van der Waals surface area contributed by atoms with E-state index in [1.807, 2.05) is 33.8 Å². The van der Waals surface area contributed by atoms with Gasteiger partial charge in [-0.1, -0.05) is 13.8 Å². The summed E-state index contributed by atoms with van der Waals surface area (Å²) in [5.74, 6) is -1.40. The molecule has 1 saturated heterocycles. The molecule has 1 aliphatic rings. The van der Waals surface area contributed by atoms with E-state index in [0.29, 0.717) is 30.7 Å². The third kappa shape index (κ3) is 4.45. The summed E-state index contributed by atoms with van der Waals surface area (Å²) in [5.41, 5.74) is 0.635. The van der Waals surface area contributed by atoms with Crippen molar-refractivity contribution in [3.8, 4) is 0 Å². The molecule has 148 valence electrons. The first kappa shape index (κ1) is 19.7. The van der Waals surface area contributed by atoms with Crippen LogP contribution in [0.1, 0.15) is 39.8 Å². The van der Waals surface area contributed by atoms with Crippen LogP contribution < -0.4 is 0 Å². The summed E-state index contributed by atoms with van der Waals surface area (Å²) in [4.78, 5) is 13.4. The van der Waals surface area contributed by atoms with E-state index in [-0.39, 0.29) is 11.5 Å². The molecule has 27 heavy (non-hydrogen) atoms. The van der Waals surface area contributed by atoms with Crippen molar-refractivity contribution in [2.75, 3.05) is 19.8 Å². The third-order valence-electron chi connectivity index (χ3n) is 4.86. The van der Waals surface area contributed by atoms with E-state index < -0.39 is 22.2 Å². The second-order valence-electron chi connectivity index (χ2n) is 7.99. The van der Waals surface area contributed by atoms with Crippen LogP contribution in [0.4, 0.5) is 10.1 Å². The highest BCUT2D eigenvalue weighted by molar-refractivity contribution is 5.83. The van der Waals surface area contributed by atoms with Crippen molar-refractivity contribution < 1.29 is 23.5 Å². The van der Waals surface area contributed by atoms with E-state index in [4.69, 9.17) is 14.2 Å². The van der Waals surface area contributed by atoms with Crippen LogP contribution in [0.25, 0.3) is 10.9 Å². The number of fused-ring (bicyclic) bond motifs is 1. The Bertz CT molecular complexity index is 846. The lowest BCUT2D eigenvalue weighted by molar-refractivity contribution is -0.387. The van der Waals surface area contributed by atoms with Crippen LogP contribution in [0, 0.1) is 15.9 Å². The van der Waals surface area contributed by atoms with Crippen LogP contribution in [0.2, 0.25) is 0 Å². The van der Waals surface area contributed by atoms with Gasteiger partial charge in [0.2, 0.25) is 5.82 Å². The molecule has 1 aromatic carbocycles. The summed E-state index contributed by atoms with van der Waals surface area (Å²) >= 11 is 0. The number of H-pyrrole nitrogens is 1. The number of ether oxygens (including phenoxy) is 3. The highest BCUT2D eigenvalue weighted by Crippen LogP contribution is 2.32. The zero-order valence-corrected chi connectivity index (χ0v) is 16.0. The fourth-order valence-electron chi connectivity index (χ4n) is 3.17.